The topological polar surface area (TPSA) is 72.3 Å². The molecule has 0 atom stereocenters. The second-order valence-corrected chi connectivity index (χ2v) is 9.26. The number of para-hydroxylation sites is 2. The van der Waals surface area contributed by atoms with Gasteiger partial charge in [0.1, 0.15) is 0 Å². The van der Waals surface area contributed by atoms with E-state index < -0.39 is 10.0 Å². The lowest BCUT2D eigenvalue weighted by Crippen LogP contribution is -2.39. The summed E-state index contributed by atoms with van der Waals surface area (Å²) in [7, 11) is -3.58. The second-order valence-electron chi connectivity index (χ2n) is 7.32. The first-order chi connectivity index (χ1) is 13.4. The van der Waals surface area contributed by atoms with E-state index >= 15 is 0 Å². The van der Waals surface area contributed by atoms with Gasteiger partial charge in [-0.3, -0.25) is 4.79 Å². The third-order valence-electron chi connectivity index (χ3n) is 5.43. The third-order valence-corrected chi connectivity index (χ3v) is 7.33. The maximum atomic E-state index is 13.0. The van der Waals surface area contributed by atoms with Crippen molar-refractivity contribution in [1.29, 1.82) is 0 Å². The summed E-state index contributed by atoms with van der Waals surface area (Å²) in [5, 5.41) is 0. The van der Waals surface area contributed by atoms with Crippen LogP contribution < -0.4 is 0 Å². The monoisotopic (exact) mass is 397 g/mol. The largest absolute Gasteiger partial charge is 0.330 e. The highest BCUT2D eigenvalue weighted by molar-refractivity contribution is 7.89. The van der Waals surface area contributed by atoms with Crippen molar-refractivity contribution < 1.29 is 13.2 Å². The summed E-state index contributed by atoms with van der Waals surface area (Å²) < 4.78 is 29.6. The fourth-order valence-electron chi connectivity index (χ4n) is 3.79. The van der Waals surface area contributed by atoms with E-state index in [1.165, 1.54) is 17.3 Å². The molecule has 1 aromatic heterocycles. The normalized spacial score (nSPS) is 16.5. The number of piperidine rings is 1. The smallest absolute Gasteiger partial charge is 0.243 e. The third kappa shape index (κ3) is 3.59. The number of rotatable bonds is 5. The summed E-state index contributed by atoms with van der Waals surface area (Å²) in [4.78, 5) is 16.2. The highest BCUT2D eigenvalue weighted by Gasteiger charge is 2.30. The number of nitrogens with zero attached hydrogens (tertiary/aromatic N) is 3. The van der Waals surface area contributed by atoms with Gasteiger partial charge in [-0.2, -0.15) is 4.31 Å². The van der Waals surface area contributed by atoms with Crippen molar-refractivity contribution in [2.24, 2.45) is 5.92 Å². The number of imidazole rings is 1. The predicted octanol–water partition coefficient (Wildman–Crippen LogP) is 3.34. The molecule has 0 unspecified atom stereocenters. The average Bonchev–Trinajstić information content (AvgIpc) is 3.11. The molecule has 1 saturated heterocycles. The van der Waals surface area contributed by atoms with Crippen LogP contribution in [-0.4, -0.2) is 41.1 Å². The predicted molar refractivity (Wildman–Crippen MR) is 108 cm³/mol. The van der Waals surface area contributed by atoms with Crippen LogP contribution in [-0.2, 0) is 16.6 Å². The van der Waals surface area contributed by atoms with Gasteiger partial charge in [-0.1, -0.05) is 24.3 Å². The molecule has 0 amide bonds. The van der Waals surface area contributed by atoms with Crippen LogP contribution in [0.3, 0.4) is 0 Å². The molecule has 1 aliphatic rings. The number of benzene rings is 2. The summed E-state index contributed by atoms with van der Waals surface area (Å²) in [6.45, 7) is 3.26. The van der Waals surface area contributed by atoms with Gasteiger partial charge in [0, 0.05) is 25.2 Å². The fourth-order valence-corrected chi connectivity index (χ4v) is 5.31. The number of ketones is 1. The average molecular weight is 398 g/mol. The standard InChI is InChI=1S/C21H23N3O3S/c1-16(25)18-5-4-6-19(13-18)28(26,27)24-11-9-17(10-12-24)14-23-15-22-20-7-2-3-8-21(20)23/h2-8,13,15,17H,9-12,14H2,1H3. The molecule has 1 aliphatic heterocycles. The van der Waals surface area contributed by atoms with Crippen LogP contribution >= 0.6 is 0 Å². The highest BCUT2D eigenvalue weighted by atomic mass is 32.2. The molecule has 0 radical (unpaired) electrons. The number of carbonyl (C=O) groups is 1. The minimum Gasteiger partial charge on any atom is -0.330 e. The molecule has 0 spiro atoms. The maximum Gasteiger partial charge on any atom is 0.243 e. The Kier molecular flexibility index (Phi) is 5.03. The van der Waals surface area contributed by atoms with Gasteiger partial charge >= 0.3 is 0 Å². The molecule has 146 valence electrons. The van der Waals surface area contributed by atoms with Crippen molar-refractivity contribution in [1.82, 2.24) is 13.9 Å². The van der Waals surface area contributed by atoms with E-state index in [4.69, 9.17) is 0 Å². The Labute approximate surface area is 164 Å². The van der Waals surface area contributed by atoms with Gasteiger partial charge in [-0.15, -0.1) is 0 Å². The van der Waals surface area contributed by atoms with Gasteiger partial charge in [0.25, 0.3) is 0 Å². The zero-order valence-corrected chi connectivity index (χ0v) is 16.6. The Bertz CT molecular complexity index is 1110. The Balaban J connectivity index is 1.45. The molecule has 3 aromatic rings. The van der Waals surface area contributed by atoms with Gasteiger partial charge in [-0.25, -0.2) is 13.4 Å². The lowest BCUT2D eigenvalue weighted by atomic mass is 9.98. The molecule has 0 bridgehead atoms. The van der Waals surface area contributed by atoms with Crippen molar-refractivity contribution >= 4 is 26.8 Å². The Morgan fingerprint density at radius 1 is 1.11 bits per heavy atom. The van der Waals surface area contributed by atoms with Crippen LogP contribution in [0.5, 0.6) is 0 Å². The van der Waals surface area contributed by atoms with E-state index in [-0.39, 0.29) is 10.7 Å². The molecule has 0 N–H and O–H groups in total. The molecule has 2 heterocycles. The summed E-state index contributed by atoms with van der Waals surface area (Å²) in [6, 6.07) is 14.3. The number of Topliss-reactive ketones (excluding diaryl/α,β-unsaturated/α-hetero) is 1. The van der Waals surface area contributed by atoms with Gasteiger partial charge < -0.3 is 4.57 Å². The molecule has 0 aliphatic carbocycles. The van der Waals surface area contributed by atoms with Crippen LogP contribution in [0, 0.1) is 5.92 Å². The number of hydrogen-bond acceptors (Lipinski definition) is 4. The van der Waals surface area contributed by atoms with Gasteiger partial charge in [0.15, 0.2) is 5.78 Å². The van der Waals surface area contributed by atoms with E-state index in [2.05, 4.69) is 15.6 Å². The molecule has 1 fully saturated rings. The van der Waals surface area contributed by atoms with E-state index in [9.17, 15) is 13.2 Å². The van der Waals surface area contributed by atoms with Crippen molar-refractivity contribution in [2.45, 2.75) is 31.2 Å². The summed E-state index contributed by atoms with van der Waals surface area (Å²) in [5.74, 6) is 0.274. The first kappa shape index (κ1) is 18.8. The Morgan fingerprint density at radius 2 is 1.86 bits per heavy atom. The fraction of sp³-hybridized carbons (Fsp3) is 0.333. The summed E-state index contributed by atoms with van der Waals surface area (Å²) in [5.41, 5.74) is 2.51. The minimum absolute atomic E-state index is 0.136. The summed E-state index contributed by atoms with van der Waals surface area (Å²) >= 11 is 0. The Hall–Kier alpha value is -2.51. The van der Waals surface area contributed by atoms with Crippen molar-refractivity contribution in [3.8, 4) is 0 Å². The van der Waals surface area contributed by atoms with E-state index in [0.717, 1.165) is 30.4 Å². The molecule has 6 nitrogen and oxygen atoms in total. The molecular weight excluding hydrogens is 374 g/mol. The first-order valence-corrected chi connectivity index (χ1v) is 10.9. The van der Waals surface area contributed by atoms with E-state index in [1.54, 1.807) is 18.2 Å². The quantitative estimate of drug-likeness (QED) is 0.619. The zero-order valence-electron chi connectivity index (χ0n) is 15.8. The molecule has 4 rings (SSSR count). The summed E-state index contributed by atoms with van der Waals surface area (Å²) in [6.07, 6.45) is 3.47. The number of aromatic nitrogens is 2. The van der Waals surface area contributed by atoms with Crippen molar-refractivity contribution in [3.05, 3.63) is 60.4 Å². The first-order valence-electron chi connectivity index (χ1n) is 9.46. The Morgan fingerprint density at radius 3 is 2.61 bits per heavy atom. The van der Waals surface area contributed by atoms with Gasteiger partial charge in [0.2, 0.25) is 10.0 Å². The lowest BCUT2D eigenvalue weighted by molar-refractivity contribution is 0.101. The second kappa shape index (κ2) is 7.48. The van der Waals surface area contributed by atoms with Crippen LogP contribution in [0.2, 0.25) is 0 Å². The van der Waals surface area contributed by atoms with Gasteiger partial charge in [-0.05, 0) is 49.9 Å². The molecule has 0 saturated carbocycles. The highest BCUT2D eigenvalue weighted by Crippen LogP contribution is 2.26. The maximum absolute atomic E-state index is 13.0. The van der Waals surface area contributed by atoms with Crippen molar-refractivity contribution in [3.63, 3.8) is 0 Å². The van der Waals surface area contributed by atoms with E-state index in [0.29, 0.717) is 24.6 Å². The van der Waals surface area contributed by atoms with E-state index in [1.807, 2.05) is 24.5 Å². The number of carbonyl (C=O) groups excluding carboxylic acids is 1. The molecular formula is C21H23N3O3S. The van der Waals surface area contributed by atoms with Crippen LogP contribution in [0.15, 0.2) is 59.8 Å². The number of sulfonamides is 1. The van der Waals surface area contributed by atoms with Crippen LogP contribution in [0.4, 0.5) is 0 Å². The molecule has 28 heavy (non-hydrogen) atoms. The van der Waals surface area contributed by atoms with Crippen LogP contribution in [0.1, 0.15) is 30.1 Å². The molecule has 2 aromatic carbocycles. The van der Waals surface area contributed by atoms with Crippen LogP contribution in [0.25, 0.3) is 11.0 Å². The number of fused-ring (bicyclic) bond motifs is 1. The number of hydrogen-bond donors (Lipinski definition) is 0. The SMILES string of the molecule is CC(=O)c1cccc(S(=O)(=O)N2CCC(Cn3cnc4ccccc43)CC2)c1. The molecule has 7 heteroatoms. The zero-order chi connectivity index (χ0) is 19.7. The van der Waals surface area contributed by atoms with Crippen molar-refractivity contribution in [2.75, 3.05) is 13.1 Å². The lowest BCUT2D eigenvalue weighted by Gasteiger charge is -2.31. The van der Waals surface area contributed by atoms with Gasteiger partial charge in [0.05, 0.1) is 22.3 Å². The minimum atomic E-state index is -3.58.